The van der Waals surface area contributed by atoms with Crippen LogP contribution in [0.3, 0.4) is 0 Å². The Balaban J connectivity index is 2.15. The van der Waals surface area contributed by atoms with Crippen molar-refractivity contribution in [3.05, 3.63) is 41.5 Å². The number of para-hydroxylation sites is 2. The lowest BCUT2D eigenvalue weighted by atomic mass is 10.1. The van der Waals surface area contributed by atoms with Gasteiger partial charge in [0, 0.05) is 13.7 Å². The first-order valence-corrected chi connectivity index (χ1v) is 7.37. The maximum Gasteiger partial charge on any atom is 0.157 e. The summed E-state index contributed by atoms with van der Waals surface area (Å²) in [4.78, 5) is 4.58. The van der Waals surface area contributed by atoms with Crippen LogP contribution in [-0.2, 0) is 4.74 Å². The molecule has 0 unspecified atom stereocenters. The van der Waals surface area contributed by atoms with E-state index in [9.17, 15) is 10.4 Å². The monoisotopic (exact) mass is 310 g/mol. The maximum absolute atomic E-state index is 9.85. The second kappa shape index (κ2) is 6.24. The van der Waals surface area contributed by atoms with Crippen LogP contribution in [0, 0.1) is 18.3 Å². The lowest BCUT2D eigenvalue weighted by Gasteiger charge is -2.15. The lowest BCUT2D eigenvalue weighted by Crippen LogP contribution is -2.25. The zero-order valence-electron chi connectivity index (χ0n) is 13.1. The van der Waals surface area contributed by atoms with Gasteiger partial charge in [-0.05, 0) is 30.7 Å². The van der Waals surface area contributed by atoms with E-state index < -0.39 is 6.10 Å². The first-order chi connectivity index (χ1) is 11.2. The third kappa shape index (κ3) is 2.72. The number of imidazole rings is 1. The quantitative estimate of drug-likeness (QED) is 0.754. The Kier molecular flexibility index (Phi) is 4.15. The predicted octanol–water partition coefficient (Wildman–Crippen LogP) is 2.09. The lowest BCUT2D eigenvalue weighted by molar-refractivity contribution is 0.0727. The van der Waals surface area contributed by atoms with Gasteiger partial charge in [0.15, 0.2) is 5.65 Å². The standard InChI is InChI=1S/C17H18N4O2/c1-11-7-16(19-9-12(22)10-23-2)21-15-6-4-3-5-14(15)20-17(21)13(11)8-18/h3-7,12,19,22H,9-10H2,1-2H3/t12-/m1/s1. The van der Waals surface area contributed by atoms with Crippen molar-refractivity contribution < 1.29 is 9.84 Å². The Bertz CT molecular complexity index is 895. The molecule has 0 fully saturated rings. The van der Waals surface area contributed by atoms with Crippen molar-refractivity contribution in [1.82, 2.24) is 9.38 Å². The van der Waals surface area contributed by atoms with Crippen molar-refractivity contribution in [3.63, 3.8) is 0 Å². The first-order valence-electron chi connectivity index (χ1n) is 7.37. The Morgan fingerprint density at radius 1 is 1.43 bits per heavy atom. The van der Waals surface area contributed by atoms with Crippen molar-refractivity contribution in [2.24, 2.45) is 0 Å². The average molecular weight is 310 g/mol. The number of ether oxygens (including phenoxy) is 1. The highest BCUT2D eigenvalue weighted by atomic mass is 16.5. The molecule has 6 heteroatoms. The smallest absolute Gasteiger partial charge is 0.157 e. The second-order valence-corrected chi connectivity index (χ2v) is 5.45. The van der Waals surface area contributed by atoms with Gasteiger partial charge in [-0.1, -0.05) is 12.1 Å². The van der Waals surface area contributed by atoms with Crippen LogP contribution in [0.5, 0.6) is 0 Å². The molecule has 2 heterocycles. The van der Waals surface area contributed by atoms with Crippen LogP contribution in [-0.4, -0.2) is 40.9 Å². The number of fused-ring (bicyclic) bond motifs is 3. The molecule has 3 rings (SSSR count). The van der Waals surface area contributed by atoms with E-state index in [0.717, 1.165) is 22.4 Å². The fraction of sp³-hybridized carbons (Fsp3) is 0.294. The molecule has 2 N–H and O–H groups in total. The molecule has 0 aliphatic rings. The molecular formula is C17H18N4O2. The molecule has 3 aromatic rings. The molecule has 23 heavy (non-hydrogen) atoms. The van der Waals surface area contributed by atoms with Crippen molar-refractivity contribution in [3.8, 4) is 6.07 Å². The highest BCUT2D eigenvalue weighted by molar-refractivity contribution is 5.85. The van der Waals surface area contributed by atoms with Crippen molar-refractivity contribution >= 4 is 22.5 Å². The van der Waals surface area contributed by atoms with E-state index in [1.807, 2.05) is 41.7 Å². The van der Waals surface area contributed by atoms with E-state index in [0.29, 0.717) is 17.8 Å². The number of aliphatic hydroxyl groups is 1. The third-order valence-electron chi connectivity index (χ3n) is 3.76. The van der Waals surface area contributed by atoms with E-state index >= 15 is 0 Å². The SMILES string of the molecule is COC[C@H](O)CNc1cc(C)c(C#N)c2nc3ccccc3n12. The number of rotatable bonds is 5. The molecule has 0 aliphatic carbocycles. The molecule has 118 valence electrons. The molecule has 6 nitrogen and oxygen atoms in total. The van der Waals surface area contributed by atoms with Crippen molar-refractivity contribution in [2.45, 2.75) is 13.0 Å². The van der Waals surface area contributed by atoms with Gasteiger partial charge >= 0.3 is 0 Å². The molecule has 0 spiro atoms. The van der Waals surface area contributed by atoms with Crippen molar-refractivity contribution in [1.29, 1.82) is 5.26 Å². The Hall–Kier alpha value is -2.62. The van der Waals surface area contributed by atoms with E-state index in [4.69, 9.17) is 4.74 Å². The number of nitriles is 1. The molecule has 0 aliphatic heterocycles. The van der Waals surface area contributed by atoms with E-state index in [-0.39, 0.29) is 6.61 Å². The second-order valence-electron chi connectivity index (χ2n) is 5.45. The Morgan fingerprint density at radius 2 is 2.22 bits per heavy atom. The number of aromatic nitrogens is 2. The van der Waals surface area contributed by atoms with Crippen LogP contribution >= 0.6 is 0 Å². The summed E-state index contributed by atoms with van der Waals surface area (Å²) in [5.41, 5.74) is 3.78. The normalized spacial score (nSPS) is 12.4. The van der Waals surface area contributed by atoms with Gasteiger partial charge in [-0.15, -0.1) is 0 Å². The van der Waals surface area contributed by atoms with Gasteiger partial charge in [0.1, 0.15) is 11.9 Å². The fourth-order valence-corrected chi connectivity index (χ4v) is 2.70. The van der Waals surface area contributed by atoms with Crippen molar-refractivity contribution in [2.75, 3.05) is 25.6 Å². The number of aliphatic hydroxyl groups excluding tert-OH is 1. The molecule has 1 aromatic carbocycles. The van der Waals surface area contributed by atoms with Gasteiger partial charge < -0.3 is 15.2 Å². The summed E-state index contributed by atoms with van der Waals surface area (Å²) in [6.07, 6.45) is -0.610. The summed E-state index contributed by atoms with van der Waals surface area (Å²) in [6, 6.07) is 11.9. The molecule has 0 amide bonds. The third-order valence-corrected chi connectivity index (χ3v) is 3.76. The summed E-state index contributed by atoms with van der Waals surface area (Å²) in [5, 5.41) is 22.5. The van der Waals surface area contributed by atoms with Gasteiger partial charge in [-0.3, -0.25) is 4.40 Å². The topological polar surface area (TPSA) is 82.6 Å². The first kappa shape index (κ1) is 15.3. The van der Waals surface area contributed by atoms with Crippen LogP contribution < -0.4 is 5.32 Å². The molecule has 0 saturated heterocycles. The maximum atomic E-state index is 9.85. The van der Waals surface area contributed by atoms with Crippen LogP contribution in [0.1, 0.15) is 11.1 Å². The summed E-state index contributed by atoms with van der Waals surface area (Å²) < 4.78 is 6.86. The molecule has 0 radical (unpaired) electrons. The molecule has 1 atom stereocenters. The predicted molar refractivity (Wildman–Crippen MR) is 88.5 cm³/mol. The van der Waals surface area contributed by atoms with Crippen LogP contribution in [0.25, 0.3) is 16.7 Å². The number of methoxy groups -OCH3 is 1. The van der Waals surface area contributed by atoms with Gasteiger partial charge in [-0.2, -0.15) is 5.26 Å². The molecule has 0 saturated carbocycles. The summed E-state index contributed by atoms with van der Waals surface area (Å²) in [7, 11) is 1.55. The van der Waals surface area contributed by atoms with E-state index in [1.165, 1.54) is 0 Å². The highest BCUT2D eigenvalue weighted by Crippen LogP contribution is 2.26. The fourth-order valence-electron chi connectivity index (χ4n) is 2.70. The summed E-state index contributed by atoms with van der Waals surface area (Å²) in [6.45, 7) is 2.49. The number of hydrogen-bond donors (Lipinski definition) is 2. The van der Waals surface area contributed by atoms with Gasteiger partial charge in [0.05, 0.1) is 29.3 Å². The number of nitrogens with zero attached hydrogens (tertiary/aromatic N) is 3. The summed E-state index contributed by atoms with van der Waals surface area (Å²) >= 11 is 0. The van der Waals surface area contributed by atoms with Gasteiger partial charge in [-0.25, -0.2) is 4.98 Å². The molecule has 2 aromatic heterocycles. The Morgan fingerprint density at radius 3 is 2.96 bits per heavy atom. The number of hydrogen-bond acceptors (Lipinski definition) is 5. The zero-order valence-corrected chi connectivity index (χ0v) is 13.1. The number of nitrogens with one attached hydrogen (secondary N) is 1. The minimum Gasteiger partial charge on any atom is -0.389 e. The van der Waals surface area contributed by atoms with E-state index in [1.54, 1.807) is 7.11 Å². The summed E-state index contributed by atoms with van der Waals surface area (Å²) in [5.74, 6) is 0.792. The Labute approximate surface area is 133 Å². The minimum atomic E-state index is -0.610. The van der Waals surface area contributed by atoms with Crippen LogP contribution in [0.15, 0.2) is 30.3 Å². The average Bonchev–Trinajstić information content (AvgIpc) is 2.92. The number of benzene rings is 1. The molecular weight excluding hydrogens is 292 g/mol. The number of aryl methyl sites for hydroxylation is 1. The largest absolute Gasteiger partial charge is 0.389 e. The minimum absolute atomic E-state index is 0.260. The number of anilines is 1. The van der Waals surface area contributed by atoms with Crippen LogP contribution in [0.2, 0.25) is 0 Å². The van der Waals surface area contributed by atoms with Gasteiger partial charge in [0.2, 0.25) is 0 Å². The number of pyridine rings is 1. The van der Waals surface area contributed by atoms with Crippen LogP contribution in [0.4, 0.5) is 5.82 Å². The molecule has 0 bridgehead atoms. The zero-order chi connectivity index (χ0) is 16.4. The highest BCUT2D eigenvalue weighted by Gasteiger charge is 2.15. The van der Waals surface area contributed by atoms with Gasteiger partial charge in [0.25, 0.3) is 0 Å². The van der Waals surface area contributed by atoms with E-state index in [2.05, 4.69) is 16.4 Å².